The van der Waals surface area contributed by atoms with Crippen LogP contribution in [0.15, 0.2) is 36.4 Å². The highest BCUT2D eigenvalue weighted by atomic mass is 16.4. The molecule has 0 aliphatic carbocycles. The lowest BCUT2D eigenvalue weighted by Gasteiger charge is -2.14. The van der Waals surface area contributed by atoms with Gasteiger partial charge in [-0.15, -0.1) is 0 Å². The largest absolute Gasteiger partial charge is 0.478 e. The van der Waals surface area contributed by atoms with Crippen LogP contribution >= 0.6 is 0 Å². The fourth-order valence-electron chi connectivity index (χ4n) is 2.22. The topological polar surface area (TPSA) is 69.6 Å². The van der Waals surface area contributed by atoms with E-state index in [0.29, 0.717) is 5.69 Å². The van der Waals surface area contributed by atoms with Crippen molar-refractivity contribution < 1.29 is 14.7 Å². The fraction of sp³-hybridized carbons (Fsp3) is 0.333. The van der Waals surface area contributed by atoms with Crippen molar-refractivity contribution in [3.05, 3.63) is 42.0 Å². The molecule has 1 aromatic rings. The zero-order chi connectivity index (χ0) is 14.4. The molecule has 2 rings (SSSR count). The van der Waals surface area contributed by atoms with Crippen molar-refractivity contribution >= 4 is 17.6 Å². The lowest BCUT2D eigenvalue weighted by molar-refractivity contribution is -0.131. The first-order valence-electron chi connectivity index (χ1n) is 6.67. The van der Waals surface area contributed by atoms with E-state index in [9.17, 15) is 9.59 Å². The number of nitrogens with one attached hydrogen (secondary N) is 1. The van der Waals surface area contributed by atoms with Gasteiger partial charge in [0, 0.05) is 24.4 Å². The average Bonchev–Trinajstić information content (AvgIpc) is 2.92. The molecule has 0 spiro atoms. The van der Waals surface area contributed by atoms with Crippen LogP contribution in [0.4, 0.5) is 5.69 Å². The molecule has 5 heteroatoms. The summed E-state index contributed by atoms with van der Waals surface area (Å²) in [7, 11) is 0. The molecule has 0 aromatic heterocycles. The standard InChI is InChI=1S/C15H18N2O3/c18-14(7-8-15(19)20)16-13-5-3-12(4-6-13)11-17-9-1-2-10-17/h3-8H,1-2,9-11H2,(H,16,18)(H,19,20)/b8-7+. The Hall–Kier alpha value is -2.14. The molecule has 1 aliphatic heterocycles. The molecule has 1 heterocycles. The number of carboxylic acid groups (broad SMARTS) is 1. The second-order valence-corrected chi connectivity index (χ2v) is 4.84. The number of hydrogen-bond acceptors (Lipinski definition) is 3. The van der Waals surface area contributed by atoms with Crippen molar-refractivity contribution in [1.82, 2.24) is 4.90 Å². The van der Waals surface area contributed by atoms with E-state index >= 15 is 0 Å². The highest BCUT2D eigenvalue weighted by Crippen LogP contribution is 2.15. The predicted octanol–water partition coefficient (Wildman–Crippen LogP) is 1.86. The third kappa shape index (κ3) is 4.51. The molecular formula is C15H18N2O3. The summed E-state index contributed by atoms with van der Waals surface area (Å²) < 4.78 is 0. The van der Waals surface area contributed by atoms with E-state index in [1.165, 1.54) is 18.4 Å². The maximum Gasteiger partial charge on any atom is 0.328 e. The molecule has 5 nitrogen and oxygen atoms in total. The number of carbonyl (C=O) groups is 2. The smallest absolute Gasteiger partial charge is 0.328 e. The van der Waals surface area contributed by atoms with E-state index in [2.05, 4.69) is 10.2 Å². The van der Waals surface area contributed by atoms with Crippen LogP contribution in [0.5, 0.6) is 0 Å². The predicted molar refractivity (Wildman–Crippen MR) is 76.4 cm³/mol. The van der Waals surface area contributed by atoms with Gasteiger partial charge in [-0.1, -0.05) is 12.1 Å². The second-order valence-electron chi connectivity index (χ2n) is 4.84. The molecule has 0 saturated carbocycles. The number of likely N-dealkylation sites (tertiary alicyclic amines) is 1. The van der Waals surface area contributed by atoms with Gasteiger partial charge in [-0.2, -0.15) is 0 Å². The van der Waals surface area contributed by atoms with Crippen LogP contribution in [0.1, 0.15) is 18.4 Å². The quantitative estimate of drug-likeness (QED) is 0.804. The van der Waals surface area contributed by atoms with Crippen molar-refractivity contribution in [1.29, 1.82) is 0 Å². The van der Waals surface area contributed by atoms with Crippen LogP contribution in [0.3, 0.4) is 0 Å². The molecule has 0 radical (unpaired) electrons. The van der Waals surface area contributed by atoms with E-state index in [1.54, 1.807) is 0 Å². The lowest BCUT2D eigenvalue weighted by atomic mass is 10.2. The molecule has 0 atom stereocenters. The normalized spacial score (nSPS) is 15.6. The van der Waals surface area contributed by atoms with E-state index in [4.69, 9.17) is 5.11 Å². The fourth-order valence-corrected chi connectivity index (χ4v) is 2.22. The summed E-state index contributed by atoms with van der Waals surface area (Å²) in [6.07, 6.45) is 4.35. The minimum atomic E-state index is -1.14. The average molecular weight is 274 g/mol. The number of nitrogens with zero attached hydrogens (tertiary/aromatic N) is 1. The number of hydrogen-bond donors (Lipinski definition) is 2. The molecule has 0 bridgehead atoms. The summed E-state index contributed by atoms with van der Waals surface area (Å²) in [5, 5.41) is 11.0. The number of carbonyl (C=O) groups excluding carboxylic acids is 1. The van der Waals surface area contributed by atoms with Crippen molar-refractivity contribution in [3.8, 4) is 0 Å². The van der Waals surface area contributed by atoms with Crippen molar-refractivity contribution in [2.75, 3.05) is 18.4 Å². The first-order valence-corrected chi connectivity index (χ1v) is 6.67. The van der Waals surface area contributed by atoms with E-state index in [0.717, 1.165) is 31.8 Å². The van der Waals surface area contributed by atoms with Crippen LogP contribution in [-0.4, -0.2) is 35.0 Å². The van der Waals surface area contributed by atoms with Gasteiger partial charge >= 0.3 is 5.97 Å². The van der Waals surface area contributed by atoms with Crippen LogP contribution in [0.25, 0.3) is 0 Å². The van der Waals surface area contributed by atoms with E-state index in [1.807, 2.05) is 24.3 Å². The molecule has 2 N–H and O–H groups in total. The zero-order valence-corrected chi connectivity index (χ0v) is 11.2. The molecular weight excluding hydrogens is 256 g/mol. The van der Waals surface area contributed by atoms with Crippen molar-refractivity contribution in [2.45, 2.75) is 19.4 Å². The van der Waals surface area contributed by atoms with Gasteiger partial charge in [-0.05, 0) is 43.6 Å². The maximum absolute atomic E-state index is 11.4. The maximum atomic E-state index is 11.4. The van der Waals surface area contributed by atoms with E-state index < -0.39 is 11.9 Å². The van der Waals surface area contributed by atoms with Gasteiger partial charge in [-0.25, -0.2) is 4.79 Å². The first kappa shape index (κ1) is 14.3. The molecule has 20 heavy (non-hydrogen) atoms. The van der Waals surface area contributed by atoms with E-state index in [-0.39, 0.29) is 0 Å². The van der Waals surface area contributed by atoms with Crippen LogP contribution < -0.4 is 5.32 Å². The molecule has 106 valence electrons. The molecule has 1 aromatic carbocycles. The number of aliphatic carboxylic acids is 1. The Morgan fingerprint density at radius 3 is 2.40 bits per heavy atom. The Kier molecular flexibility index (Phi) is 4.90. The van der Waals surface area contributed by atoms with Crippen molar-refractivity contribution in [2.24, 2.45) is 0 Å². The second kappa shape index (κ2) is 6.86. The van der Waals surface area contributed by atoms with Gasteiger partial charge in [-0.3, -0.25) is 9.69 Å². The van der Waals surface area contributed by atoms with Crippen LogP contribution in [0, 0.1) is 0 Å². The van der Waals surface area contributed by atoms with Crippen LogP contribution in [-0.2, 0) is 16.1 Å². The Labute approximate surface area is 117 Å². The monoisotopic (exact) mass is 274 g/mol. The summed E-state index contributed by atoms with van der Waals surface area (Å²) in [4.78, 5) is 24.1. The number of carboxylic acids is 1. The third-order valence-corrected chi connectivity index (χ3v) is 3.20. The summed E-state index contributed by atoms with van der Waals surface area (Å²) >= 11 is 0. The van der Waals surface area contributed by atoms with Gasteiger partial charge in [0.2, 0.25) is 5.91 Å². The lowest BCUT2D eigenvalue weighted by Crippen LogP contribution is -2.18. The van der Waals surface area contributed by atoms with Gasteiger partial charge in [0.15, 0.2) is 0 Å². The Bertz CT molecular complexity index is 502. The molecule has 1 saturated heterocycles. The summed E-state index contributed by atoms with van der Waals surface area (Å²) in [5.41, 5.74) is 1.88. The Balaban J connectivity index is 1.87. The number of amides is 1. The minimum Gasteiger partial charge on any atom is -0.478 e. The molecule has 0 unspecified atom stereocenters. The van der Waals surface area contributed by atoms with Gasteiger partial charge in [0.25, 0.3) is 0 Å². The molecule has 1 amide bonds. The van der Waals surface area contributed by atoms with Gasteiger partial charge in [0.05, 0.1) is 0 Å². The summed E-state index contributed by atoms with van der Waals surface area (Å²) in [5.74, 6) is -1.58. The first-order chi connectivity index (χ1) is 9.63. The third-order valence-electron chi connectivity index (χ3n) is 3.20. The Morgan fingerprint density at radius 2 is 1.80 bits per heavy atom. The number of rotatable bonds is 5. The molecule has 1 aliphatic rings. The Morgan fingerprint density at radius 1 is 1.15 bits per heavy atom. The highest BCUT2D eigenvalue weighted by Gasteiger charge is 2.11. The molecule has 1 fully saturated rings. The summed E-state index contributed by atoms with van der Waals surface area (Å²) in [6, 6.07) is 7.62. The number of anilines is 1. The van der Waals surface area contributed by atoms with Crippen molar-refractivity contribution in [3.63, 3.8) is 0 Å². The highest BCUT2D eigenvalue weighted by molar-refractivity contribution is 6.02. The van der Waals surface area contributed by atoms with Gasteiger partial charge < -0.3 is 10.4 Å². The zero-order valence-electron chi connectivity index (χ0n) is 11.2. The van der Waals surface area contributed by atoms with Gasteiger partial charge in [0.1, 0.15) is 0 Å². The SMILES string of the molecule is O=C(O)/C=C/C(=O)Nc1ccc(CN2CCCC2)cc1. The minimum absolute atomic E-state index is 0.445. The summed E-state index contributed by atoms with van der Waals surface area (Å²) in [6.45, 7) is 3.24. The van der Waals surface area contributed by atoms with Crippen LogP contribution in [0.2, 0.25) is 0 Å². The number of benzene rings is 1.